The highest BCUT2D eigenvalue weighted by Gasteiger charge is 2.46. The van der Waals surface area contributed by atoms with Gasteiger partial charge in [0.15, 0.2) is 0 Å². The SMILES string of the molecule is COC(=O)C1CCN(CN2C(=O)C(=O)N(c3ccc(OC)cc3)C2=O)CC1. The Morgan fingerprint density at radius 1 is 1.04 bits per heavy atom. The number of anilines is 1. The number of amides is 4. The number of esters is 1. The molecule has 2 aliphatic rings. The molecule has 0 atom stereocenters. The fourth-order valence-electron chi connectivity index (χ4n) is 3.27. The second kappa shape index (κ2) is 7.75. The molecule has 4 amide bonds. The predicted octanol–water partition coefficient (Wildman–Crippen LogP) is 0.833. The summed E-state index contributed by atoms with van der Waals surface area (Å²) in [5.41, 5.74) is 0.311. The third kappa shape index (κ3) is 3.63. The van der Waals surface area contributed by atoms with E-state index in [0.29, 0.717) is 37.4 Å². The highest BCUT2D eigenvalue weighted by Crippen LogP contribution is 2.26. The van der Waals surface area contributed by atoms with E-state index in [4.69, 9.17) is 9.47 Å². The first-order chi connectivity index (χ1) is 13.0. The van der Waals surface area contributed by atoms with E-state index in [2.05, 4.69) is 0 Å². The number of carbonyl (C=O) groups excluding carboxylic acids is 4. The van der Waals surface area contributed by atoms with Crippen LogP contribution in [0.2, 0.25) is 0 Å². The number of ether oxygens (including phenoxy) is 2. The minimum atomic E-state index is -0.880. The van der Waals surface area contributed by atoms with Crippen molar-refractivity contribution in [1.82, 2.24) is 9.80 Å². The van der Waals surface area contributed by atoms with Crippen LogP contribution in [0.4, 0.5) is 10.5 Å². The maximum Gasteiger partial charge on any atom is 0.340 e. The summed E-state index contributed by atoms with van der Waals surface area (Å²) in [6.07, 6.45) is 1.16. The molecule has 0 aromatic heterocycles. The third-order valence-corrected chi connectivity index (χ3v) is 4.85. The van der Waals surface area contributed by atoms with E-state index >= 15 is 0 Å². The molecule has 9 nitrogen and oxygen atoms in total. The fraction of sp³-hybridized carbons (Fsp3) is 0.444. The summed E-state index contributed by atoms with van der Waals surface area (Å²) in [4.78, 5) is 52.5. The van der Waals surface area contributed by atoms with Crippen LogP contribution >= 0.6 is 0 Å². The maximum absolute atomic E-state index is 12.7. The topological polar surface area (TPSA) is 96.5 Å². The number of nitrogens with zero attached hydrogens (tertiary/aromatic N) is 3. The van der Waals surface area contributed by atoms with E-state index in [1.807, 2.05) is 4.90 Å². The van der Waals surface area contributed by atoms with Crippen LogP contribution in [0, 0.1) is 5.92 Å². The number of hydrogen-bond acceptors (Lipinski definition) is 7. The lowest BCUT2D eigenvalue weighted by atomic mass is 9.97. The molecular formula is C18H21N3O6. The zero-order valence-electron chi connectivity index (χ0n) is 15.2. The van der Waals surface area contributed by atoms with Gasteiger partial charge in [0.2, 0.25) is 0 Å². The molecular weight excluding hydrogens is 354 g/mol. The van der Waals surface area contributed by atoms with Gasteiger partial charge in [-0.1, -0.05) is 0 Å². The van der Waals surface area contributed by atoms with Crippen LogP contribution < -0.4 is 9.64 Å². The Balaban J connectivity index is 1.67. The Bertz CT molecular complexity index is 755. The normalized spacial score (nSPS) is 19.0. The van der Waals surface area contributed by atoms with Gasteiger partial charge in [0.25, 0.3) is 0 Å². The first-order valence-corrected chi connectivity index (χ1v) is 8.60. The third-order valence-electron chi connectivity index (χ3n) is 4.85. The van der Waals surface area contributed by atoms with Gasteiger partial charge in [-0.25, -0.2) is 14.6 Å². The van der Waals surface area contributed by atoms with E-state index in [1.54, 1.807) is 24.3 Å². The van der Waals surface area contributed by atoms with E-state index in [9.17, 15) is 19.2 Å². The maximum atomic E-state index is 12.7. The fourth-order valence-corrected chi connectivity index (χ4v) is 3.27. The van der Waals surface area contributed by atoms with Crippen LogP contribution in [0.1, 0.15) is 12.8 Å². The first-order valence-electron chi connectivity index (χ1n) is 8.60. The molecule has 0 bridgehead atoms. The number of benzene rings is 1. The molecule has 0 N–H and O–H groups in total. The van der Waals surface area contributed by atoms with Crippen molar-refractivity contribution in [3.8, 4) is 5.75 Å². The molecule has 1 aromatic rings. The summed E-state index contributed by atoms with van der Waals surface area (Å²) in [5, 5.41) is 0. The molecule has 2 heterocycles. The Morgan fingerprint density at radius 2 is 1.67 bits per heavy atom. The standard InChI is InChI=1S/C18H21N3O6/c1-26-14-5-3-13(4-6-14)21-16(23)15(22)20(18(21)25)11-19-9-7-12(8-10-19)17(24)27-2/h3-6,12H,7-11H2,1-2H3. The average Bonchev–Trinajstić information content (AvgIpc) is 2.91. The zero-order chi connectivity index (χ0) is 19.6. The summed E-state index contributed by atoms with van der Waals surface area (Å²) >= 11 is 0. The lowest BCUT2D eigenvalue weighted by Crippen LogP contribution is -2.46. The Labute approximate surface area is 156 Å². The summed E-state index contributed by atoms with van der Waals surface area (Å²) in [7, 11) is 2.87. The molecule has 27 heavy (non-hydrogen) atoms. The highest BCUT2D eigenvalue weighted by molar-refractivity contribution is 6.52. The lowest BCUT2D eigenvalue weighted by molar-refractivity contribution is -0.147. The second-order valence-corrected chi connectivity index (χ2v) is 6.41. The first kappa shape index (κ1) is 18.8. The molecule has 144 valence electrons. The zero-order valence-corrected chi connectivity index (χ0v) is 15.2. The van der Waals surface area contributed by atoms with Crippen molar-refractivity contribution in [2.45, 2.75) is 12.8 Å². The van der Waals surface area contributed by atoms with Gasteiger partial charge in [-0.15, -0.1) is 0 Å². The Hall–Kier alpha value is -2.94. The Morgan fingerprint density at radius 3 is 2.22 bits per heavy atom. The molecule has 0 radical (unpaired) electrons. The number of methoxy groups -OCH3 is 2. The van der Waals surface area contributed by atoms with Crippen molar-refractivity contribution in [2.75, 3.05) is 38.9 Å². The van der Waals surface area contributed by atoms with Crippen molar-refractivity contribution in [2.24, 2.45) is 5.92 Å². The van der Waals surface area contributed by atoms with Gasteiger partial charge in [0.05, 0.1) is 32.5 Å². The minimum Gasteiger partial charge on any atom is -0.497 e. The van der Waals surface area contributed by atoms with Gasteiger partial charge in [-0.3, -0.25) is 19.3 Å². The molecule has 2 fully saturated rings. The lowest BCUT2D eigenvalue weighted by Gasteiger charge is -2.32. The second-order valence-electron chi connectivity index (χ2n) is 6.41. The van der Waals surface area contributed by atoms with Crippen molar-refractivity contribution in [3.63, 3.8) is 0 Å². The number of carbonyl (C=O) groups is 4. The van der Waals surface area contributed by atoms with Gasteiger partial charge in [0, 0.05) is 13.1 Å². The van der Waals surface area contributed by atoms with Gasteiger partial charge in [-0.2, -0.15) is 0 Å². The molecule has 2 saturated heterocycles. The molecule has 3 rings (SSSR count). The van der Waals surface area contributed by atoms with E-state index in [-0.39, 0.29) is 18.6 Å². The highest BCUT2D eigenvalue weighted by atomic mass is 16.5. The van der Waals surface area contributed by atoms with Crippen molar-refractivity contribution in [1.29, 1.82) is 0 Å². The van der Waals surface area contributed by atoms with Gasteiger partial charge in [0.1, 0.15) is 5.75 Å². The van der Waals surface area contributed by atoms with Crippen molar-refractivity contribution >= 4 is 29.5 Å². The molecule has 1 aromatic carbocycles. The summed E-state index contributed by atoms with van der Waals surface area (Å²) in [6, 6.07) is 5.65. The van der Waals surface area contributed by atoms with Gasteiger partial charge >= 0.3 is 23.8 Å². The van der Waals surface area contributed by atoms with Crippen LogP contribution in [0.3, 0.4) is 0 Å². The summed E-state index contributed by atoms with van der Waals surface area (Å²) in [6.45, 7) is 1.09. The monoisotopic (exact) mass is 375 g/mol. The number of urea groups is 1. The van der Waals surface area contributed by atoms with Crippen LogP contribution in [0.25, 0.3) is 0 Å². The average molecular weight is 375 g/mol. The molecule has 2 aliphatic heterocycles. The van der Waals surface area contributed by atoms with E-state index in [1.165, 1.54) is 14.2 Å². The predicted molar refractivity (Wildman–Crippen MR) is 93.9 cm³/mol. The van der Waals surface area contributed by atoms with Crippen LogP contribution in [0.5, 0.6) is 5.75 Å². The number of hydrogen-bond donors (Lipinski definition) is 0. The van der Waals surface area contributed by atoms with Crippen LogP contribution in [0.15, 0.2) is 24.3 Å². The number of likely N-dealkylation sites (tertiary alicyclic amines) is 1. The van der Waals surface area contributed by atoms with E-state index in [0.717, 1.165) is 9.80 Å². The minimum absolute atomic E-state index is 0.0178. The van der Waals surface area contributed by atoms with Crippen LogP contribution in [-0.2, 0) is 19.1 Å². The molecule has 0 unspecified atom stereocenters. The summed E-state index contributed by atoms with van der Waals surface area (Å²) < 4.78 is 9.81. The number of piperidine rings is 1. The van der Waals surface area contributed by atoms with Crippen molar-refractivity contribution < 1.29 is 28.7 Å². The van der Waals surface area contributed by atoms with E-state index < -0.39 is 17.8 Å². The smallest absolute Gasteiger partial charge is 0.340 e. The van der Waals surface area contributed by atoms with Crippen molar-refractivity contribution in [3.05, 3.63) is 24.3 Å². The number of rotatable bonds is 5. The van der Waals surface area contributed by atoms with Gasteiger partial charge in [-0.05, 0) is 37.1 Å². The Kier molecular flexibility index (Phi) is 5.41. The quantitative estimate of drug-likeness (QED) is 0.427. The summed E-state index contributed by atoms with van der Waals surface area (Å²) in [5.74, 6) is -1.58. The van der Waals surface area contributed by atoms with Gasteiger partial charge < -0.3 is 9.47 Å². The number of imide groups is 2. The van der Waals surface area contributed by atoms with Crippen LogP contribution in [-0.4, -0.2) is 67.6 Å². The largest absolute Gasteiger partial charge is 0.497 e. The molecule has 0 spiro atoms. The molecule has 0 saturated carbocycles. The molecule has 0 aliphatic carbocycles. The molecule has 9 heteroatoms.